The number of hydrogen-bond acceptors (Lipinski definition) is 12. The van der Waals surface area contributed by atoms with Gasteiger partial charge in [-0.25, -0.2) is 25.7 Å². The normalized spacial score (nSPS) is 15.1. The molecule has 0 unspecified atom stereocenters. The summed E-state index contributed by atoms with van der Waals surface area (Å²) >= 11 is 0. The molecule has 2 aromatic carbocycles. The van der Waals surface area contributed by atoms with Gasteiger partial charge in [-0.05, 0) is 49.7 Å². The van der Waals surface area contributed by atoms with Crippen LogP contribution in [-0.4, -0.2) is 58.4 Å². The van der Waals surface area contributed by atoms with E-state index in [4.69, 9.17) is 18.5 Å². The summed E-state index contributed by atoms with van der Waals surface area (Å²) < 4.78 is 16.0. The summed E-state index contributed by atoms with van der Waals surface area (Å²) in [6.07, 6.45) is 18.7. The topological polar surface area (TPSA) is 221 Å². The lowest BCUT2D eigenvalue weighted by Crippen LogP contribution is -2.30. The number of carboxylic acids is 1. The van der Waals surface area contributed by atoms with Gasteiger partial charge in [-0.2, -0.15) is 0 Å². The van der Waals surface area contributed by atoms with Crippen LogP contribution in [0.1, 0.15) is 183 Å². The quantitative estimate of drug-likeness (QED) is 0.0380. The fraction of sp³-hybridized carbons (Fsp3) is 0.549. The monoisotopic (exact) mass is 927 g/mol. The zero-order valence-electron chi connectivity index (χ0n) is 39.4. The highest BCUT2D eigenvalue weighted by atomic mass is 16.7. The van der Waals surface area contributed by atoms with Crippen molar-refractivity contribution in [1.29, 1.82) is 0 Å². The molecule has 0 saturated heterocycles. The number of nitrogens with zero attached hydrogens (tertiary/aromatic N) is 2. The van der Waals surface area contributed by atoms with Crippen molar-refractivity contribution in [2.75, 3.05) is 13.7 Å². The van der Waals surface area contributed by atoms with Crippen LogP contribution in [0, 0.1) is 25.7 Å². The van der Waals surface area contributed by atoms with E-state index < -0.39 is 17.8 Å². The van der Waals surface area contributed by atoms with E-state index in [1.165, 1.54) is 71.3 Å². The van der Waals surface area contributed by atoms with Crippen molar-refractivity contribution in [1.82, 2.24) is 26.2 Å². The molecule has 2 heterocycles. The van der Waals surface area contributed by atoms with Crippen LogP contribution in [0.2, 0.25) is 0 Å². The summed E-state index contributed by atoms with van der Waals surface area (Å²) in [6.45, 7) is 3.51. The standard InChI is InChI=1S/C27H37N3O6.C24H32N2O5/c1-19-25(26(33)28-17-24(32)34-2)29-27(36-19)22(15-9-14-20-10-5-3-6-11-20)16-23(31)30-35-18-21-12-7-4-8-13-21;1-17-22(24(28)29)25-23(31-17)20(14-8-13-18-9-4-2-5-10-18)15-21(27)26-30-16-19-11-6-3-7-12-19/h4,7-8,12-13,20,22H,3,5-6,9-11,14-18H2,1-2H3,(H,28,33)(H,30,31);3,6-7,11-12,18,20H,2,4-5,8-10,13-16H2,1H3,(H,26,27)(H,28,29)/t22-;20-/m11/s1. The first-order valence-corrected chi connectivity index (χ1v) is 23.9. The van der Waals surface area contributed by atoms with Crippen LogP contribution in [-0.2, 0) is 42.0 Å². The summed E-state index contributed by atoms with van der Waals surface area (Å²) in [5.74, 6) is -0.587. The molecule has 2 atom stereocenters. The summed E-state index contributed by atoms with van der Waals surface area (Å²) in [5.41, 5.74) is 6.93. The van der Waals surface area contributed by atoms with Crippen molar-refractivity contribution < 1.29 is 52.3 Å². The number of methoxy groups -OCH3 is 1. The molecule has 2 aliphatic carbocycles. The third-order valence-electron chi connectivity index (χ3n) is 12.5. The predicted octanol–water partition coefficient (Wildman–Crippen LogP) is 9.51. The van der Waals surface area contributed by atoms with E-state index in [1.807, 2.05) is 60.7 Å². The molecule has 0 spiro atoms. The predicted molar refractivity (Wildman–Crippen MR) is 248 cm³/mol. The molecular weight excluding hydrogens is 859 g/mol. The molecule has 0 bridgehead atoms. The Labute approximate surface area is 393 Å². The van der Waals surface area contributed by atoms with E-state index in [1.54, 1.807) is 13.8 Å². The van der Waals surface area contributed by atoms with Gasteiger partial charge >= 0.3 is 11.9 Å². The van der Waals surface area contributed by atoms with E-state index in [9.17, 15) is 29.1 Å². The first kappa shape index (κ1) is 52.1. The number of hydrogen-bond donors (Lipinski definition) is 4. The third-order valence-corrected chi connectivity index (χ3v) is 12.5. The Balaban J connectivity index is 0.000000254. The molecule has 4 N–H and O–H groups in total. The average molecular weight is 928 g/mol. The number of ether oxygens (including phenoxy) is 1. The Kier molecular flexibility index (Phi) is 22.0. The van der Waals surface area contributed by atoms with Crippen LogP contribution in [0.25, 0.3) is 0 Å². The molecule has 2 aromatic heterocycles. The number of aromatic carboxylic acids is 1. The van der Waals surface area contributed by atoms with E-state index in [-0.39, 0.29) is 73.4 Å². The molecule has 6 rings (SSSR count). The number of esters is 1. The van der Waals surface area contributed by atoms with Gasteiger partial charge in [0.15, 0.2) is 23.2 Å². The van der Waals surface area contributed by atoms with E-state index in [2.05, 4.69) is 31.0 Å². The molecule has 3 amide bonds. The van der Waals surface area contributed by atoms with Gasteiger partial charge in [0.25, 0.3) is 5.91 Å². The number of nitrogens with one attached hydrogen (secondary N) is 3. The van der Waals surface area contributed by atoms with E-state index >= 15 is 0 Å². The highest BCUT2D eigenvalue weighted by Gasteiger charge is 2.28. The molecule has 364 valence electrons. The van der Waals surface area contributed by atoms with Crippen molar-refractivity contribution >= 4 is 29.7 Å². The molecule has 16 heteroatoms. The second-order valence-corrected chi connectivity index (χ2v) is 17.7. The zero-order chi connectivity index (χ0) is 47.8. The molecule has 0 radical (unpaired) electrons. The maximum Gasteiger partial charge on any atom is 0.358 e. The van der Waals surface area contributed by atoms with Crippen LogP contribution >= 0.6 is 0 Å². The van der Waals surface area contributed by atoms with Crippen LogP contribution in [0.4, 0.5) is 0 Å². The van der Waals surface area contributed by atoms with E-state index in [0.717, 1.165) is 55.1 Å². The first-order chi connectivity index (χ1) is 32.5. The summed E-state index contributed by atoms with van der Waals surface area (Å²) in [4.78, 5) is 79.7. The molecule has 67 heavy (non-hydrogen) atoms. The maximum absolute atomic E-state index is 12.7. The number of aryl methyl sites for hydroxylation is 2. The number of carboxylic acid groups (broad SMARTS) is 1. The molecule has 2 fully saturated rings. The summed E-state index contributed by atoms with van der Waals surface area (Å²) in [6, 6.07) is 19.2. The van der Waals surface area contributed by atoms with Crippen molar-refractivity contribution in [3.8, 4) is 0 Å². The second kappa shape index (κ2) is 28.3. The van der Waals surface area contributed by atoms with Gasteiger partial charge in [-0.15, -0.1) is 0 Å². The number of hydroxylamine groups is 2. The van der Waals surface area contributed by atoms with E-state index in [0.29, 0.717) is 24.0 Å². The highest BCUT2D eigenvalue weighted by molar-refractivity contribution is 5.95. The smallest absolute Gasteiger partial charge is 0.358 e. The van der Waals surface area contributed by atoms with Crippen LogP contribution in [0.5, 0.6) is 0 Å². The maximum atomic E-state index is 12.7. The van der Waals surface area contributed by atoms with Gasteiger partial charge < -0.3 is 24.0 Å². The Hall–Kier alpha value is -5.87. The lowest BCUT2D eigenvalue weighted by molar-refractivity contribution is -0.139. The number of amides is 3. The fourth-order valence-electron chi connectivity index (χ4n) is 8.86. The summed E-state index contributed by atoms with van der Waals surface area (Å²) in [5, 5.41) is 11.8. The van der Waals surface area contributed by atoms with Gasteiger partial charge in [0.2, 0.25) is 11.8 Å². The van der Waals surface area contributed by atoms with Gasteiger partial charge in [0, 0.05) is 24.7 Å². The zero-order valence-corrected chi connectivity index (χ0v) is 39.4. The van der Waals surface area contributed by atoms with Crippen molar-refractivity contribution in [2.45, 2.75) is 154 Å². The fourth-order valence-corrected chi connectivity index (χ4v) is 8.86. The van der Waals surface area contributed by atoms with Crippen molar-refractivity contribution in [2.24, 2.45) is 11.8 Å². The minimum Gasteiger partial charge on any atom is -0.476 e. The van der Waals surface area contributed by atoms with Gasteiger partial charge in [-0.1, -0.05) is 151 Å². The third kappa shape index (κ3) is 18.4. The average Bonchev–Trinajstić information content (AvgIpc) is 3.94. The molecule has 0 aliphatic heterocycles. The Morgan fingerprint density at radius 1 is 0.657 bits per heavy atom. The van der Waals surface area contributed by atoms with Gasteiger partial charge in [-0.3, -0.25) is 28.9 Å². The molecule has 2 saturated carbocycles. The Bertz CT molecular complexity index is 2130. The Morgan fingerprint density at radius 3 is 1.51 bits per heavy atom. The molecule has 16 nitrogen and oxygen atoms in total. The van der Waals surface area contributed by atoms with Crippen LogP contribution < -0.4 is 16.3 Å². The number of aromatic nitrogens is 2. The van der Waals surface area contributed by atoms with Crippen LogP contribution in [0.3, 0.4) is 0 Å². The summed E-state index contributed by atoms with van der Waals surface area (Å²) in [7, 11) is 1.25. The van der Waals surface area contributed by atoms with Gasteiger partial charge in [0.1, 0.15) is 18.1 Å². The molecule has 4 aromatic rings. The lowest BCUT2D eigenvalue weighted by Gasteiger charge is -2.22. The minimum absolute atomic E-state index is 0.0898. The molecular formula is C51H69N5O11. The van der Waals surface area contributed by atoms with Crippen molar-refractivity contribution in [3.63, 3.8) is 0 Å². The largest absolute Gasteiger partial charge is 0.476 e. The van der Waals surface area contributed by atoms with Crippen LogP contribution in [0.15, 0.2) is 69.5 Å². The number of rotatable bonds is 24. The first-order valence-electron chi connectivity index (χ1n) is 23.9. The number of oxazole rings is 2. The SMILES string of the molecule is COC(=O)CNC(=O)c1nc([C@H](CCCC2CCCCC2)CC(=O)NOCc2ccccc2)oc1C.Cc1oc([C@H](CCCC2CCCCC2)CC(=O)NOCc2ccccc2)nc1C(=O)O. The number of benzene rings is 2. The lowest BCUT2D eigenvalue weighted by atomic mass is 9.84. The van der Waals surface area contributed by atoms with Crippen molar-refractivity contribution in [3.05, 3.63) is 106 Å². The molecule has 2 aliphatic rings. The highest BCUT2D eigenvalue weighted by Crippen LogP contribution is 2.33. The van der Waals surface area contributed by atoms with Gasteiger partial charge in [0.05, 0.1) is 20.3 Å². The number of carbonyl (C=O) groups excluding carboxylic acids is 4. The Morgan fingerprint density at radius 2 is 1.09 bits per heavy atom. The minimum atomic E-state index is -1.12. The number of carbonyl (C=O) groups is 5. The second-order valence-electron chi connectivity index (χ2n) is 17.7.